The van der Waals surface area contributed by atoms with Crippen molar-refractivity contribution in [3.05, 3.63) is 0 Å². The van der Waals surface area contributed by atoms with Crippen molar-refractivity contribution in [2.24, 2.45) is 33.8 Å². The fourth-order valence-corrected chi connectivity index (χ4v) is 3.94. The summed E-state index contributed by atoms with van der Waals surface area (Å²) < 4.78 is 0. The lowest BCUT2D eigenvalue weighted by atomic mass is 10.0. The number of thioether (sulfide) groups is 1. The van der Waals surface area contributed by atoms with Gasteiger partial charge in [0.15, 0.2) is 5.96 Å². The average molecular weight is 547 g/mol. The van der Waals surface area contributed by atoms with Gasteiger partial charge in [0.1, 0.15) is 18.1 Å². The number of carboxylic acids is 1. The molecule has 0 spiro atoms. The van der Waals surface area contributed by atoms with Gasteiger partial charge in [-0.15, -0.1) is 0 Å². The third kappa shape index (κ3) is 16.0. The van der Waals surface area contributed by atoms with Crippen molar-refractivity contribution in [3.8, 4) is 0 Å². The van der Waals surface area contributed by atoms with E-state index in [2.05, 4.69) is 20.9 Å². The van der Waals surface area contributed by atoms with E-state index >= 15 is 0 Å². The number of hydrogen-bond acceptors (Lipinski definition) is 8. The summed E-state index contributed by atoms with van der Waals surface area (Å²) >= 11 is 1.51. The topological polar surface area (TPSA) is 241 Å². The molecule has 4 unspecified atom stereocenters. The van der Waals surface area contributed by atoms with Gasteiger partial charge in [-0.05, 0) is 69.4 Å². The molecule has 13 nitrogen and oxygen atoms in total. The molecule has 0 aromatic rings. The Labute approximate surface area is 223 Å². The molecule has 12 N–H and O–H groups in total. The van der Waals surface area contributed by atoms with E-state index in [1.54, 1.807) is 0 Å². The molecule has 0 saturated heterocycles. The quantitative estimate of drug-likeness (QED) is 0.0517. The van der Waals surface area contributed by atoms with Crippen LogP contribution in [0.1, 0.15) is 58.8 Å². The van der Waals surface area contributed by atoms with E-state index < -0.39 is 47.9 Å². The van der Waals surface area contributed by atoms with Crippen molar-refractivity contribution in [3.63, 3.8) is 0 Å². The first-order chi connectivity index (χ1) is 17.4. The largest absolute Gasteiger partial charge is 0.480 e. The normalized spacial score (nSPS) is 14.2. The maximum absolute atomic E-state index is 13.1. The Hall–Kier alpha value is -2.58. The Balaban J connectivity index is 5.46. The maximum Gasteiger partial charge on any atom is 0.326 e. The second-order valence-corrected chi connectivity index (χ2v) is 10.3. The number of amides is 3. The van der Waals surface area contributed by atoms with Crippen LogP contribution >= 0.6 is 11.8 Å². The summed E-state index contributed by atoms with van der Waals surface area (Å²) in [7, 11) is 0. The number of nitrogens with zero attached hydrogens (tertiary/aromatic N) is 1. The Morgan fingerprint density at radius 2 is 1.41 bits per heavy atom. The molecular formula is C23H46N8O5S. The average Bonchev–Trinajstić information content (AvgIpc) is 2.81. The van der Waals surface area contributed by atoms with Crippen LogP contribution in [0.5, 0.6) is 0 Å². The fourth-order valence-electron chi connectivity index (χ4n) is 3.47. The number of unbranched alkanes of at least 4 members (excludes halogenated alkanes) is 1. The fraction of sp³-hybridized carbons (Fsp3) is 0.783. The SMILES string of the molecule is CSCCC(NC(=O)C(N)CC(C)C)C(=O)NC(CCCCN)C(=O)NC(CCCN=C(N)N)C(=O)O. The monoisotopic (exact) mass is 546 g/mol. The van der Waals surface area contributed by atoms with Gasteiger partial charge in [0, 0.05) is 6.54 Å². The summed E-state index contributed by atoms with van der Waals surface area (Å²) in [4.78, 5) is 54.2. The Morgan fingerprint density at radius 1 is 0.865 bits per heavy atom. The zero-order valence-corrected chi connectivity index (χ0v) is 23.0. The lowest BCUT2D eigenvalue weighted by Gasteiger charge is -2.25. The smallest absolute Gasteiger partial charge is 0.326 e. The van der Waals surface area contributed by atoms with Crippen LogP contribution in [0, 0.1) is 5.92 Å². The molecule has 0 heterocycles. The minimum atomic E-state index is -1.21. The molecule has 0 aromatic heterocycles. The van der Waals surface area contributed by atoms with Crippen LogP contribution in [0.3, 0.4) is 0 Å². The van der Waals surface area contributed by atoms with Gasteiger partial charge in [0.05, 0.1) is 6.04 Å². The second kappa shape index (κ2) is 19.5. The van der Waals surface area contributed by atoms with Crippen LogP contribution < -0.4 is 38.9 Å². The highest BCUT2D eigenvalue weighted by Gasteiger charge is 2.30. The molecule has 0 aromatic carbocycles. The van der Waals surface area contributed by atoms with Crippen molar-refractivity contribution in [1.29, 1.82) is 0 Å². The molecule has 37 heavy (non-hydrogen) atoms. The van der Waals surface area contributed by atoms with E-state index in [1.807, 2.05) is 20.1 Å². The first-order valence-corrected chi connectivity index (χ1v) is 14.0. The van der Waals surface area contributed by atoms with E-state index in [9.17, 15) is 24.3 Å². The summed E-state index contributed by atoms with van der Waals surface area (Å²) in [5, 5.41) is 17.4. The number of nitrogens with one attached hydrogen (secondary N) is 3. The highest BCUT2D eigenvalue weighted by atomic mass is 32.2. The Bertz CT molecular complexity index is 749. The van der Waals surface area contributed by atoms with Crippen LogP contribution in [0.15, 0.2) is 4.99 Å². The Morgan fingerprint density at radius 3 is 1.92 bits per heavy atom. The summed E-state index contributed by atoms with van der Waals surface area (Å²) in [5.74, 6) is -2.13. The molecule has 0 rings (SSSR count). The molecular weight excluding hydrogens is 500 g/mol. The number of hydrogen-bond donors (Lipinski definition) is 8. The number of carbonyl (C=O) groups is 4. The van der Waals surface area contributed by atoms with Crippen LogP contribution in [0.4, 0.5) is 0 Å². The molecule has 0 bridgehead atoms. The standard InChI is InChI=1S/C23H46N8O5S/c1-14(2)13-15(25)19(32)29-17(9-12-37-3)21(34)30-16(7-4-5-10-24)20(33)31-18(22(35)36)8-6-11-28-23(26)27/h14-18H,4-13,24-25H2,1-3H3,(H,29,32)(H,30,34)(H,31,33)(H,35,36)(H4,26,27,28). The predicted octanol–water partition coefficient (Wildman–Crippen LogP) is -1.17. The van der Waals surface area contributed by atoms with E-state index in [1.165, 1.54) is 11.8 Å². The highest BCUT2D eigenvalue weighted by molar-refractivity contribution is 7.98. The molecule has 14 heteroatoms. The van der Waals surface area contributed by atoms with Gasteiger partial charge >= 0.3 is 5.97 Å². The second-order valence-electron chi connectivity index (χ2n) is 9.27. The van der Waals surface area contributed by atoms with Gasteiger partial charge in [-0.3, -0.25) is 19.4 Å². The molecule has 3 amide bonds. The molecule has 0 radical (unpaired) electrons. The number of aliphatic imine (C=N–C) groups is 1. The highest BCUT2D eigenvalue weighted by Crippen LogP contribution is 2.08. The van der Waals surface area contributed by atoms with Crippen molar-refractivity contribution >= 4 is 41.4 Å². The van der Waals surface area contributed by atoms with E-state index in [-0.39, 0.29) is 31.3 Å². The number of rotatable bonds is 20. The molecule has 0 saturated carbocycles. The molecule has 0 aliphatic heterocycles. The first-order valence-electron chi connectivity index (χ1n) is 12.6. The van der Waals surface area contributed by atoms with Crippen molar-refractivity contribution < 1.29 is 24.3 Å². The summed E-state index contributed by atoms with van der Waals surface area (Å²) in [5.41, 5.74) is 22.1. The van der Waals surface area contributed by atoms with Gasteiger partial charge in [-0.25, -0.2) is 4.79 Å². The number of carbonyl (C=O) groups excluding carboxylic acids is 3. The van der Waals surface area contributed by atoms with Gasteiger partial charge < -0.3 is 44.0 Å². The third-order valence-corrected chi connectivity index (χ3v) is 6.09. The van der Waals surface area contributed by atoms with Gasteiger partial charge in [0.25, 0.3) is 0 Å². The van der Waals surface area contributed by atoms with E-state index in [0.717, 1.165) is 0 Å². The van der Waals surface area contributed by atoms with Gasteiger partial charge in [0.2, 0.25) is 17.7 Å². The summed E-state index contributed by atoms with van der Waals surface area (Å²) in [6.45, 7) is 4.52. The predicted molar refractivity (Wildman–Crippen MR) is 147 cm³/mol. The molecule has 214 valence electrons. The zero-order chi connectivity index (χ0) is 28.4. The number of aliphatic carboxylic acids is 1. The first kappa shape index (κ1) is 34.4. The van der Waals surface area contributed by atoms with Crippen molar-refractivity contribution in [2.45, 2.75) is 83.0 Å². The number of guanidine groups is 1. The number of carboxylic acid groups (broad SMARTS) is 1. The van der Waals surface area contributed by atoms with E-state index in [4.69, 9.17) is 22.9 Å². The molecule has 4 atom stereocenters. The minimum absolute atomic E-state index is 0.0987. The van der Waals surface area contributed by atoms with Crippen LogP contribution in [0.2, 0.25) is 0 Å². The minimum Gasteiger partial charge on any atom is -0.480 e. The van der Waals surface area contributed by atoms with Gasteiger partial charge in [-0.1, -0.05) is 13.8 Å². The van der Waals surface area contributed by atoms with Crippen LogP contribution in [-0.2, 0) is 19.2 Å². The van der Waals surface area contributed by atoms with Crippen molar-refractivity contribution in [2.75, 3.05) is 25.1 Å². The lowest BCUT2D eigenvalue weighted by Crippen LogP contribution is -2.57. The number of nitrogens with two attached hydrogens (primary N) is 4. The third-order valence-electron chi connectivity index (χ3n) is 5.45. The zero-order valence-electron chi connectivity index (χ0n) is 22.2. The van der Waals surface area contributed by atoms with Crippen LogP contribution in [-0.4, -0.2) is 84.0 Å². The van der Waals surface area contributed by atoms with Crippen LogP contribution in [0.25, 0.3) is 0 Å². The summed E-state index contributed by atoms with van der Waals surface area (Å²) in [6.07, 6.45) is 4.53. The van der Waals surface area contributed by atoms with Gasteiger partial charge in [-0.2, -0.15) is 11.8 Å². The summed E-state index contributed by atoms with van der Waals surface area (Å²) in [6, 6.07) is -3.84. The molecule has 0 fully saturated rings. The lowest BCUT2D eigenvalue weighted by molar-refractivity contribution is -0.142. The molecule has 0 aliphatic carbocycles. The molecule has 0 aliphatic rings. The Kier molecular flexibility index (Phi) is 18.2. The van der Waals surface area contributed by atoms with E-state index in [0.29, 0.717) is 44.4 Å². The maximum atomic E-state index is 13.1. The van der Waals surface area contributed by atoms with Crippen molar-refractivity contribution in [1.82, 2.24) is 16.0 Å².